The van der Waals surface area contributed by atoms with Crippen molar-refractivity contribution in [1.82, 2.24) is 10.6 Å². The van der Waals surface area contributed by atoms with Crippen molar-refractivity contribution in [3.05, 3.63) is 76.8 Å². The summed E-state index contributed by atoms with van der Waals surface area (Å²) in [6.07, 6.45) is -0.287. The van der Waals surface area contributed by atoms with E-state index in [-0.39, 0.29) is 31.7 Å². The van der Waals surface area contributed by atoms with Crippen molar-refractivity contribution < 1.29 is 38.5 Å². The Morgan fingerprint density at radius 2 is 1.73 bits per heavy atom. The minimum Gasteiger partial charge on any atom is -0.495 e. The van der Waals surface area contributed by atoms with Gasteiger partial charge in [-0.3, -0.25) is 14.4 Å². The Kier molecular flexibility index (Phi) is 14.3. The van der Waals surface area contributed by atoms with Gasteiger partial charge < -0.3 is 30.0 Å². The molecule has 2 aromatic rings. The highest BCUT2D eigenvalue weighted by molar-refractivity contribution is 6.32. The van der Waals surface area contributed by atoms with E-state index in [0.717, 1.165) is 0 Å². The lowest BCUT2D eigenvalue weighted by atomic mass is 9.90. The van der Waals surface area contributed by atoms with E-state index in [9.17, 15) is 24.3 Å². The second-order valence-electron chi connectivity index (χ2n) is 13.1. The molecule has 6 atom stereocenters. The molecule has 3 N–H and O–H groups in total. The van der Waals surface area contributed by atoms with Crippen LogP contribution in [0.5, 0.6) is 5.75 Å². The number of carbonyl (C=O) groups is 4. The monoisotopic (exact) mass is 704 g/mol. The molecule has 3 unspecified atom stereocenters. The minimum absolute atomic E-state index is 0.0224. The quantitative estimate of drug-likeness (QED) is 0.235. The molecular weight excluding hydrogens is 659 g/mol. The average Bonchev–Trinajstić information content (AvgIpc) is 3.04. The molecule has 2 aromatic carbocycles. The number of rotatable bonds is 9. The molecule has 0 saturated heterocycles. The summed E-state index contributed by atoms with van der Waals surface area (Å²) in [7, 11) is 1.49. The molecule has 48 heavy (non-hydrogen) atoms. The van der Waals surface area contributed by atoms with E-state index in [2.05, 4.69) is 10.6 Å². The number of nitrogens with one attached hydrogen (secondary N) is 2. The smallest absolute Gasteiger partial charge is 0.347 e. The maximum Gasteiger partial charge on any atom is 0.347 e. The van der Waals surface area contributed by atoms with E-state index < -0.39 is 64.8 Å². The standard InChI is InChI=1S/C36H46Cl2N2O8/c1-21(2)17-29-34(44)47-27(22(3)32(42)31(38)24-11-8-7-9-12-24)13-10-14-30(41)40-26(19-23-15-16-28(46-6)25(37)18-23)33(43)39-20-36(4,5)35(45)48-29/h7-12,14-16,18,21-22,26-27,29,31-32,42H,13,17,19-20H2,1-6H3,(H,39,43)(H,40,41)/t22-,26+,27?,29-,31?,32?/m0/s1. The molecule has 2 amide bonds. The third-order valence-electron chi connectivity index (χ3n) is 8.19. The number of hydrogen-bond donors (Lipinski definition) is 3. The summed E-state index contributed by atoms with van der Waals surface area (Å²) in [5, 5.41) is 16.3. The number of aliphatic hydroxyl groups is 1. The number of cyclic esters (lactones) is 2. The Balaban J connectivity index is 1.96. The van der Waals surface area contributed by atoms with Gasteiger partial charge in [-0.05, 0) is 55.5 Å². The number of hydrogen-bond acceptors (Lipinski definition) is 8. The minimum atomic E-state index is -1.25. The molecule has 0 bridgehead atoms. The normalized spacial score (nSPS) is 22.9. The molecule has 12 heteroatoms. The molecule has 10 nitrogen and oxygen atoms in total. The van der Waals surface area contributed by atoms with Crippen LogP contribution in [0.15, 0.2) is 60.7 Å². The van der Waals surface area contributed by atoms with Gasteiger partial charge in [0.15, 0.2) is 6.10 Å². The van der Waals surface area contributed by atoms with Crippen LogP contribution in [0.2, 0.25) is 5.02 Å². The first kappa shape index (κ1) is 38.8. The Labute approximate surface area is 292 Å². The number of halogens is 2. The van der Waals surface area contributed by atoms with Crippen LogP contribution in [0.25, 0.3) is 0 Å². The maximum atomic E-state index is 13.6. The van der Waals surface area contributed by atoms with Crippen molar-refractivity contribution in [1.29, 1.82) is 0 Å². The summed E-state index contributed by atoms with van der Waals surface area (Å²) in [5.41, 5.74) is 0.104. The largest absolute Gasteiger partial charge is 0.495 e. The number of amides is 2. The molecule has 262 valence electrons. The summed E-state index contributed by atoms with van der Waals surface area (Å²) < 4.78 is 16.9. The van der Waals surface area contributed by atoms with Crippen LogP contribution in [0.3, 0.4) is 0 Å². The summed E-state index contributed by atoms with van der Waals surface area (Å²) in [6, 6.07) is 13.0. The third-order valence-corrected chi connectivity index (χ3v) is 9.00. The lowest BCUT2D eigenvalue weighted by Gasteiger charge is -2.32. The van der Waals surface area contributed by atoms with Crippen LogP contribution in [0.1, 0.15) is 64.0 Å². The van der Waals surface area contributed by atoms with Crippen LogP contribution in [-0.4, -0.2) is 66.9 Å². The van der Waals surface area contributed by atoms with Gasteiger partial charge in [0.25, 0.3) is 0 Å². The lowest BCUT2D eigenvalue weighted by Crippen LogP contribution is -2.51. The van der Waals surface area contributed by atoms with Gasteiger partial charge in [-0.25, -0.2) is 4.79 Å². The van der Waals surface area contributed by atoms with E-state index in [4.69, 9.17) is 37.4 Å². The van der Waals surface area contributed by atoms with Crippen molar-refractivity contribution in [3.8, 4) is 5.75 Å². The van der Waals surface area contributed by atoms with Crippen molar-refractivity contribution in [3.63, 3.8) is 0 Å². The van der Waals surface area contributed by atoms with Crippen molar-refractivity contribution in [2.24, 2.45) is 17.3 Å². The van der Waals surface area contributed by atoms with Gasteiger partial charge in [0.2, 0.25) is 11.8 Å². The molecule has 1 aliphatic rings. The fraction of sp³-hybridized carbons (Fsp3) is 0.500. The summed E-state index contributed by atoms with van der Waals surface area (Å²) in [5.74, 6) is -2.87. The zero-order chi connectivity index (χ0) is 35.6. The molecule has 1 heterocycles. The third kappa shape index (κ3) is 11.0. The van der Waals surface area contributed by atoms with Crippen molar-refractivity contribution in [2.45, 2.75) is 83.6 Å². The van der Waals surface area contributed by atoms with Gasteiger partial charge in [-0.1, -0.05) is 74.8 Å². The zero-order valence-corrected chi connectivity index (χ0v) is 29.7. The number of alkyl halides is 1. The Hall–Kier alpha value is -3.60. The van der Waals surface area contributed by atoms with Gasteiger partial charge in [0.05, 0.1) is 29.0 Å². The van der Waals surface area contributed by atoms with Gasteiger partial charge in [0.1, 0.15) is 17.9 Å². The predicted molar refractivity (Wildman–Crippen MR) is 184 cm³/mol. The van der Waals surface area contributed by atoms with Crippen LogP contribution in [0, 0.1) is 17.3 Å². The summed E-state index contributed by atoms with van der Waals surface area (Å²) in [4.78, 5) is 53.6. The zero-order valence-electron chi connectivity index (χ0n) is 28.2. The second-order valence-corrected chi connectivity index (χ2v) is 14.0. The van der Waals surface area contributed by atoms with Gasteiger partial charge in [-0.15, -0.1) is 11.6 Å². The SMILES string of the molecule is COc1ccc(C[C@H]2NC(=O)C=CCC([C@H](C)C(O)C(Cl)c3ccccc3)OC(=O)[C@H](CC(C)C)OC(=O)C(C)(C)CNC2=O)cc1Cl. The van der Waals surface area contributed by atoms with Gasteiger partial charge in [0, 0.05) is 25.3 Å². The van der Waals surface area contributed by atoms with Gasteiger partial charge >= 0.3 is 11.9 Å². The highest BCUT2D eigenvalue weighted by atomic mass is 35.5. The number of esters is 2. The lowest BCUT2D eigenvalue weighted by molar-refractivity contribution is -0.180. The molecule has 0 fully saturated rings. The second kappa shape index (κ2) is 17.7. The molecule has 0 aliphatic carbocycles. The highest BCUT2D eigenvalue weighted by Gasteiger charge is 2.38. The van der Waals surface area contributed by atoms with E-state index in [1.807, 2.05) is 19.9 Å². The molecule has 0 radical (unpaired) electrons. The number of ether oxygens (including phenoxy) is 3. The number of benzene rings is 2. The Bertz CT molecular complexity index is 1450. The van der Waals surface area contributed by atoms with Crippen LogP contribution < -0.4 is 15.4 Å². The van der Waals surface area contributed by atoms with E-state index in [1.165, 1.54) is 19.3 Å². The number of carbonyl (C=O) groups excluding carboxylic acids is 4. The van der Waals surface area contributed by atoms with Crippen LogP contribution in [-0.2, 0) is 35.1 Å². The van der Waals surface area contributed by atoms with Crippen LogP contribution >= 0.6 is 23.2 Å². The average molecular weight is 706 g/mol. The first-order chi connectivity index (χ1) is 22.6. The molecule has 3 rings (SSSR count). The topological polar surface area (TPSA) is 140 Å². The predicted octanol–water partition coefficient (Wildman–Crippen LogP) is 5.33. The van der Waals surface area contributed by atoms with Crippen molar-refractivity contribution >= 4 is 47.0 Å². The molecular formula is C36H46Cl2N2O8. The number of aliphatic hydroxyl groups excluding tert-OH is 1. The Morgan fingerprint density at radius 1 is 1.04 bits per heavy atom. The van der Waals surface area contributed by atoms with E-state index in [1.54, 1.807) is 63.2 Å². The van der Waals surface area contributed by atoms with E-state index >= 15 is 0 Å². The van der Waals surface area contributed by atoms with Crippen molar-refractivity contribution in [2.75, 3.05) is 13.7 Å². The summed E-state index contributed by atoms with van der Waals surface area (Å²) in [6.45, 7) is 8.49. The molecule has 0 aromatic heterocycles. The Morgan fingerprint density at radius 3 is 2.35 bits per heavy atom. The fourth-order valence-electron chi connectivity index (χ4n) is 5.14. The highest BCUT2D eigenvalue weighted by Crippen LogP contribution is 2.32. The molecule has 1 aliphatic heterocycles. The molecule has 0 spiro atoms. The fourth-order valence-corrected chi connectivity index (χ4v) is 5.79. The van der Waals surface area contributed by atoms with Crippen LogP contribution in [0.4, 0.5) is 0 Å². The van der Waals surface area contributed by atoms with E-state index in [0.29, 0.717) is 21.9 Å². The maximum absolute atomic E-state index is 13.6. The summed E-state index contributed by atoms with van der Waals surface area (Å²) >= 11 is 13.0. The van der Waals surface area contributed by atoms with Gasteiger partial charge in [-0.2, -0.15) is 0 Å². The number of methoxy groups -OCH3 is 1. The first-order valence-electron chi connectivity index (χ1n) is 16.0. The molecule has 0 saturated carbocycles. The first-order valence-corrected chi connectivity index (χ1v) is 16.8.